The molecule has 0 saturated heterocycles. The molecule has 0 spiro atoms. The molecule has 22 nitrogen and oxygen atoms in total. The van der Waals surface area contributed by atoms with Crippen LogP contribution in [0, 0.1) is 23.0 Å². The molecule has 0 radical (unpaired) electrons. The Morgan fingerprint density at radius 1 is 0.782 bits per heavy atom. The van der Waals surface area contributed by atoms with Gasteiger partial charge < -0.3 is 57.7 Å². The topological polar surface area (TPSA) is 331 Å². The first-order valence-corrected chi connectivity index (χ1v) is 26.1. The second kappa shape index (κ2) is 30.4. The molecule has 1 aliphatic heterocycles. The van der Waals surface area contributed by atoms with E-state index in [1.807, 2.05) is 51.1 Å². The summed E-state index contributed by atoms with van der Waals surface area (Å²) in [6.07, 6.45) is 5.80. The van der Waals surface area contributed by atoms with Crippen LogP contribution in [0.25, 0.3) is 11.3 Å². The van der Waals surface area contributed by atoms with Crippen molar-refractivity contribution < 1.29 is 62.1 Å². The predicted octanol–water partition coefficient (Wildman–Crippen LogP) is 2.92. The first kappa shape index (κ1) is 62.9. The molecule has 24 heteroatoms. The highest BCUT2D eigenvalue weighted by molar-refractivity contribution is 6.12. The number of carboxylic acids is 1. The minimum absolute atomic E-state index is 0.0366. The maximum atomic E-state index is 15.1. The van der Waals surface area contributed by atoms with Gasteiger partial charge in [0.1, 0.15) is 42.2 Å². The Morgan fingerprint density at radius 2 is 1.44 bits per heavy atom. The largest absolute Gasteiger partial charge is 0.480 e. The van der Waals surface area contributed by atoms with Gasteiger partial charge >= 0.3 is 12.0 Å². The van der Waals surface area contributed by atoms with Gasteiger partial charge in [0.2, 0.25) is 29.5 Å². The van der Waals surface area contributed by atoms with Crippen molar-refractivity contribution in [3.8, 4) is 11.3 Å². The number of amides is 9. The lowest BCUT2D eigenvalue weighted by Gasteiger charge is -2.40. The van der Waals surface area contributed by atoms with Gasteiger partial charge in [-0.3, -0.25) is 38.5 Å². The number of aliphatic hydroxyl groups is 1. The summed E-state index contributed by atoms with van der Waals surface area (Å²) < 4.78 is 31.3. The second-order valence-electron chi connectivity index (χ2n) is 20.6. The molecule has 3 aromatic rings. The highest BCUT2D eigenvalue weighted by atomic mass is 19.1. The van der Waals surface area contributed by atoms with Crippen LogP contribution in [0.2, 0.25) is 0 Å². The van der Waals surface area contributed by atoms with Crippen molar-refractivity contribution in [3.05, 3.63) is 89.9 Å². The minimum atomic E-state index is -1.42. The number of carboxylic acid groups (broad SMARTS) is 1. The summed E-state index contributed by atoms with van der Waals surface area (Å²) in [6.45, 7) is 8.45. The van der Waals surface area contributed by atoms with E-state index in [9.17, 15) is 57.8 Å². The van der Waals surface area contributed by atoms with Gasteiger partial charge in [-0.2, -0.15) is 0 Å². The SMILES string of the molecule is CC(C)[C@H](NC(=O)CCCCCN1C(=O)C=CC1=O)C(=O)NC(CCCNC(N)=O)C(=O)NC(CCCCNC(=O)C(N)CCN(C(=O)CO)C(c1nc(-c2cc(F)ccc2F)cn1Cc1ccccc1)C(C)(C)C)C(=O)O. The van der Waals surface area contributed by atoms with Gasteiger partial charge in [0.05, 0.1) is 17.8 Å². The lowest BCUT2D eigenvalue weighted by atomic mass is 9.84. The molecular formula is C54H75F2N11O11. The third-order valence-electron chi connectivity index (χ3n) is 12.9. The average molecular weight is 1090 g/mol. The number of nitrogens with zero attached hydrogens (tertiary/aromatic N) is 4. The van der Waals surface area contributed by atoms with Crippen LogP contribution in [0.15, 0.2) is 66.9 Å². The molecule has 0 bridgehead atoms. The Hall–Kier alpha value is -7.60. The Morgan fingerprint density at radius 3 is 2.06 bits per heavy atom. The molecule has 426 valence electrons. The van der Waals surface area contributed by atoms with E-state index in [4.69, 9.17) is 16.5 Å². The van der Waals surface area contributed by atoms with Gasteiger partial charge in [0.15, 0.2) is 0 Å². The summed E-state index contributed by atoms with van der Waals surface area (Å²) >= 11 is 0. The van der Waals surface area contributed by atoms with Crippen molar-refractivity contribution in [2.24, 2.45) is 22.8 Å². The fourth-order valence-electron chi connectivity index (χ4n) is 8.83. The number of carbonyl (C=O) groups excluding carboxylic acids is 8. The number of carbonyl (C=O) groups is 9. The number of hydrogen-bond acceptors (Lipinski definition) is 12. The van der Waals surface area contributed by atoms with Gasteiger partial charge in [-0.1, -0.05) is 71.4 Å². The molecule has 5 atom stereocenters. The van der Waals surface area contributed by atoms with Crippen molar-refractivity contribution >= 4 is 53.4 Å². The first-order chi connectivity index (χ1) is 36.9. The quantitative estimate of drug-likeness (QED) is 0.0321. The molecule has 2 aromatic carbocycles. The fraction of sp³-hybridized carbons (Fsp3) is 0.519. The Labute approximate surface area is 452 Å². The molecule has 11 N–H and O–H groups in total. The van der Waals surface area contributed by atoms with Crippen LogP contribution >= 0.6 is 0 Å². The number of halogens is 2. The van der Waals surface area contributed by atoms with E-state index in [1.165, 1.54) is 17.1 Å². The molecule has 0 aliphatic carbocycles. The van der Waals surface area contributed by atoms with Crippen molar-refractivity contribution in [1.82, 2.24) is 45.9 Å². The molecule has 4 unspecified atom stereocenters. The Balaban J connectivity index is 1.35. The Kier molecular flexibility index (Phi) is 24.5. The van der Waals surface area contributed by atoms with E-state index in [0.29, 0.717) is 25.1 Å². The molecule has 9 amide bonds. The van der Waals surface area contributed by atoms with Crippen molar-refractivity contribution in [2.75, 3.05) is 32.8 Å². The van der Waals surface area contributed by atoms with Crippen molar-refractivity contribution in [2.45, 2.75) is 136 Å². The monoisotopic (exact) mass is 1090 g/mol. The van der Waals surface area contributed by atoms with E-state index in [0.717, 1.165) is 28.7 Å². The van der Waals surface area contributed by atoms with Crippen LogP contribution in [-0.2, 0) is 44.9 Å². The van der Waals surface area contributed by atoms with E-state index < -0.39 is 113 Å². The summed E-state index contributed by atoms with van der Waals surface area (Å²) in [5.74, 6) is -6.93. The summed E-state index contributed by atoms with van der Waals surface area (Å²) in [5.41, 5.74) is 11.6. The number of benzene rings is 2. The van der Waals surface area contributed by atoms with Crippen LogP contribution in [0.4, 0.5) is 13.6 Å². The maximum absolute atomic E-state index is 15.1. The number of rotatable bonds is 32. The predicted molar refractivity (Wildman–Crippen MR) is 283 cm³/mol. The maximum Gasteiger partial charge on any atom is 0.326 e. The molecule has 4 rings (SSSR count). The lowest BCUT2D eigenvalue weighted by Crippen LogP contribution is -2.57. The van der Waals surface area contributed by atoms with Crippen LogP contribution in [0.5, 0.6) is 0 Å². The molecule has 0 saturated carbocycles. The number of primary amides is 1. The molecular weight excluding hydrogens is 1020 g/mol. The van der Waals surface area contributed by atoms with Gasteiger partial charge in [0.25, 0.3) is 11.8 Å². The van der Waals surface area contributed by atoms with Gasteiger partial charge in [-0.15, -0.1) is 0 Å². The number of aromatic nitrogens is 2. The second-order valence-corrected chi connectivity index (χ2v) is 20.6. The van der Waals surface area contributed by atoms with Crippen LogP contribution < -0.4 is 38.1 Å². The molecule has 1 aliphatic rings. The number of unbranched alkanes of at least 4 members (excludes halogenated alkanes) is 3. The number of aliphatic hydroxyl groups excluding tert-OH is 1. The third kappa shape index (κ3) is 19.4. The standard InChI is InChI=1S/C54H75F2N11O11/c1-33(2)46(64-42(69)19-10-7-13-27-66-43(70)22-23-44(66)71)51(75)62-39(18-14-26-60-53(58)78)50(74)63-40(52(76)77)17-11-12-25-59-49(73)38(57)24-28-67(45(72)32-68)47(54(3,4)5)48-61-41(36-29-35(55)20-21-37(36)56)31-65(48)30-34-15-8-6-9-16-34/h6,8-9,15-16,20-23,29,31,33,38-40,46-47,68H,7,10-14,17-19,24-28,30,32,57H2,1-5H3,(H,59,73)(H,62,75)(H,63,74)(H,64,69)(H,76,77)(H3,58,60,78)/t38?,39?,40?,46-,47?/m0/s1. The zero-order chi connectivity index (χ0) is 57.7. The van der Waals surface area contributed by atoms with Crippen LogP contribution in [0.1, 0.15) is 116 Å². The van der Waals surface area contributed by atoms with Gasteiger partial charge in [-0.05, 0) is 86.5 Å². The molecule has 2 heterocycles. The zero-order valence-corrected chi connectivity index (χ0v) is 44.9. The number of nitrogens with one attached hydrogen (secondary N) is 5. The number of nitrogens with two attached hydrogens (primary N) is 2. The van der Waals surface area contributed by atoms with Crippen LogP contribution in [-0.4, -0.2) is 140 Å². The molecule has 0 fully saturated rings. The lowest BCUT2D eigenvalue weighted by molar-refractivity contribution is -0.142. The highest BCUT2D eigenvalue weighted by Gasteiger charge is 2.39. The molecule has 78 heavy (non-hydrogen) atoms. The minimum Gasteiger partial charge on any atom is -0.480 e. The van der Waals surface area contributed by atoms with E-state index in [1.54, 1.807) is 24.6 Å². The van der Waals surface area contributed by atoms with E-state index in [2.05, 4.69) is 26.6 Å². The van der Waals surface area contributed by atoms with E-state index in [-0.39, 0.29) is 88.9 Å². The zero-order valence-electron chi connectivity index (χ0n) is 44.9. The van der Waals surface area contributed by atoms with Crippen molar-refractivity contribution in [3.63, 3.8) is 0 Å². The number of imidazole rings is 1. The van der Waals surface area contributed by atoms with Gasteiger partial charge in [0, 0.05) is 63.1 Å². The smallest absolute Gasteiger partial charge is 0.326 e. The van der Waals surface area contributed by atoms with Crippen molar-refractivity contribution in [1.29, 1.82) is 0 Å². The number of hydrogen-bond donors (Lipinski definition) is 9. The average Bonchev–Trinajstić information content (AvgIpc) is 3.95. The summed E-state index contributed by atoms with van der Waals surface area (Å²) in [4.78, 5) is 122. The number of imide groups is 1. The molecule has 1 aromatic heterocycles. The summed E-state index contributed by atoms with van der Waals surface area (Å²) in [5, 5.41) is 33.2. The van der Waals surface area contributed by atoms with Gasteiger partial charge in [-0.25, -0.2) is 23.4 Å². The number of urea groups is 1. The summed E-state index contributed by atoms with van der Waals surface area (Å²) in [7, 11) is 0. The highest BCUT2D eigenvalue weighted by Crippen LogP contribution is 2.39. The Bertz CT molecular complexity index is 2590. The van der Waals surface area contributed by atoms with Crippen LogP contribution in [0.3, 0.4) is 0 Å². The van der Waals surface area contributed by atoms with E-state index >= 15 is 4.39 Å². The number of aliphatic carboxylic acids is 1. The first-order valence-electron chi connectivity index (χ1n) is 26.1. The summed E-state index contributed by atoms with van der Waals surface area (Å²) in [6, 6.07) is 5.67. The fourth-order valence-corrected chi connectivity index (χ4v) is 8.83. The third-order valence-corrected chi connectivity index (χ3v) is 12.9. The normalized spacial score (nSPS) is 14.3.